The van der Waals surface area contributed by atoms with Crippen LogP contribution in [0.25, 0.3) is 11.5 Å². The van der Waals surface area contributed by atoms with Crippen molar-refractivity contribution in [2.75, 3.05) is 0 Å². The molecule has 0 radical (unpaired) electrons. The van der Waals surface area contributed by atoms with Crippen molar-refractivity contribution in [3.63, 3.8) is 0 Å². The summed E-state index contributed by atoms with van der Waals surface area (Å²) in [7, 11) is 0. The number of carbonyl (C=O) groups is 1. The van der Waals surface area contributed by atoms with Gasteiger partial charge in [0.05, 0.1) is 10.6 Å². The Morgan fingerprint density at radius 3 is 2.82 bits per heavy atom. The van der Waals surface area contributed by atoms with Crippen molar-refractivity contribution in [1.29, 1.82) is 0 Å². The average Bonchev–Trinajstić information content (AvgIpc) is 2.64. The van der Waals surface area contributed by atoms with E-state index in [4.69, 9.17) is 21.1 Å². The third-order valence-electron chi connectivity index (χ3n) is 2.18. The van der Waals surface area contributed by atoms with Crippen molar-refractivity contribution < 1.29 is 18.7 Å². The molecule has 0 atom stereocenters. The zero-order chi connectivity index (χ0) is 12.6. The largest absolute Gasteiger partial charge is 0.476 e. The topological polar surface area (TPSA) is 63.3 Å². The molecule has 1 aromatic carbocycles. The molecule has 0 amide bonds. The van der Waals surface area contributed by atoms with E-state index in [1.807, 2.05) is 0 Å². The van der Waals surface area contributed by atoms with Crippen LogP contribution in [0.4, 0.5) is 4.39 Å². The Labute approximate surface area is 101 Å². The van der Waals surface area contributed by atoms with Crippen LogP contribution >= 0.6 is 11.6 Å². The molecule has 0 unspecified atom stereocenters. The molecule has 4 nitrogen and oxygen atoms in total. The molecule has 0 spiro atoms. The lowest BCUT2D eigenvalue weighted by molar-refractivity contribution is 0.0689. The second kappa shape index (κ2) is 4.18. The molecule has 88 valence electrons. The van der Waals surface area contributed by atoms with Gasteiger partial charge in [0.25, 0.3) is 0 Å². The van der Waals surface area contributed by atoms with Crippen molar-refractivity contribution in [2.45, 2.75) is 6.92 Å². The number of hydrogen-bond donors (Lipinski definition) is 1. The summed E-state index contributed by atoms with van der Waals surface area (Å²) >= 11 is 5.75. The third-order valence-corrected chi connectivity index (χ3v) is 2.57. The lowest BCUT2D eigenvalue weighted by atomic mass is 10.2. The van der Waals surface area contributed by atoms with Crippen LogP contribution in [0.3, 0.4) is 0 Å². The highest BCUT2D eigenvalue weighted by atomic mass is 35.5. The summed E-state index contributed by atoms with van der Waals surface area (Å²) in [4.78, 5) is 14.6. The van der Waals surface area contributed by atoms with E-state index in [1.54, 1.807) is 0 Å². The summed E-state index contributed by atoms with van der Waals surface area (Å²) < 4.78 is 18.4. The molecule has 2 aromatic rings. The molecular formula is C11H7ClFNO3. The maximum Gasteiger partial charge on any atom is 0.358 e. The Hall–Kier alpha value is -1.88. The molecule has 1 heterocycles. The summed E-state index contributed by atoms with van der Waals surface area (Å²) in [6.45, 7) is 1.47. The quantitative estimate of drug-likeness (QED) is 0.895. The SMILES string of the molecule is Cc1oc(-c2cccc(F)c2Cl)nc1C(=O)O. The summed E-state index contributed by atoms with van der Waals surface area (Å²) in [5.74, 6) is -1.68. The Morgan fingerprint density at radius 2 is 2.24 bits per heavy atom. The number of hydrogen-bond acceptors (Lipinski definition) is 3. The minimum Gasteiger partial charge on any atom is -0.476 e. The van der Waals surface area contributed by atoms with Gasteiger partial charge in [-0.05, 0) is 19.1 Å². The summed E-state index contributed by atoms with van der Waals surface area (Å²) in [6.07, 6.45) is 0. The number of aromatic carboxylic acids is 1. The molecule has 0 aliphatic carbocycles. The van der Waals surface area contributed by atoms with Gasteiger partial charge in [-0.3, -0.25) is 0 Å². The molecule has 2 rings (SSSR count). The van der Waals surface area contributed by atoms with Crippen LogP contribution in [0.15, 0.2) is 22.6 Å². The van der Waals surface area contributed by atoms with Gasteiger partial charge in [0.1, 0.15) is 11.6 Å². The first kappa shape index (κ1) is 11.6. The molecular weight excluding hydrogens is 249 g/mol. The van der Waals surface area contributed by atoms with Crippen molar-refractivity contribution in [3.05, 3.63) is 40.5 Å². The van der Waals surface area contributed by atoms with Gasteiger partial charge >= 0.3 is 5.97 Å². The van der Waals surface area contributed by atoms with Crippen LogP contribution in [0, 0.1) is 12.7 Å². The number of carboxylic acids is 1. The number of halogens is 2. The van der Waals surface area contributed by atoms with Crippen molar-refractivity contribution in [3.8, 4) is 11.5 Å². The monoisotopic (exact) mass is 255 g/mol. The Morgan fingerprint density at radius 1 is 1.53 bits per heavy atom. The van der Waals surface area contributed by atoms with Gasteiger partial charge < -0.3 is 9.52 Å². The predicted molar refractivity (Wildman–Crippen MR) is 58.6 cm³/mol. The summed E-state index contributed by atoms with van der Waals surface area (Å²) in [6, 6.07) is 4.14. The fourth-order valence-electron chi connectivity index (χ4n) is 1.38. The third kappa shape index (κ3) is 2.01. The van der Waals surface area contributed by atoms with Crippen LogP contribution < -0.4 is 0 Å². The van der Waals surface area contributed by atoms with E-state index in [-0.39, 0.29) is 27.9 Å². The van der Waals surface area contributed by atoms with E-state index in [0.717, 1.165) is 0 Å². The number of nitrogens with zero attached hydrogens (tertiary/aromatic N) is 1. The van der Waals surface area contributed by atoms with Gasteiger partial charge in [0, 0.05) is 0 Å². The first-order chi connectivity index (χ1) is 8.00. The Bertz CT molecular complexity index is 594. The van der Waals surface area contributed by atoms with Crippen LogP contribution in [-0.2, 0) is 0 Å². The van der Waals surface area contributed by atoms with E-state index in [2.05, 4.69) is 4.98 Å². The fraction of sp³-hybridized carbons (Fsp3) is 0.0909. The fourth-order valence-corrected chi connectivity index (χ4v) is 1.59. The highest BCUT2D eigenvalue weighted by molar-refractivity contribution is 6.33. The van der Waals surface area contributed by atoms with Gasteiger partial charge in [-0.1, -0.05) is 17.7 Å². The highest BCUT2D eigenvalue weighted by Gasteiger charge is 2.19. The number of benzene rings is 1. The summed E-state index contributed by atoms with van der Waals surface area (Å²) in [5.41, 5.74) is 0.0163. The molecule has 0 fully saturated rings. The van der Waals surface area contributed by atoms with Gasteiger partial charge in [-0.25, -0.2) is 14.2 Å². The molecule has 0 aliphatic heterocycles. The predicted octanol–water partition coefficient (Wildman–Crippen LogP) is 3.14. The number of carboxylic acid groups (broad SMARTS) is 1. The van der Waals surface area contributed by atoms with E-state index >= 15 is 0 Å². The lowest BCUT2D eigenvalue weighted by Crippen LogP contribution is -1.98. The van der Waals surface area contributed by atoms with Crippen molar-refractivity contribution in [2.24, 2.45) is 0 Å². The smallest absolute Gasteiger partial charge is 0.358 e. The lowest BCUT2D eigenvalue weighted by Gasteiger charge is -1.99. The van der Waals surface area contributed by atoms with Crippen LogP contribution in [0.2, 0.25) is 5.02 Å². The summed E-state index contributed by atoms with van der Waals surface area (Å²) in [5, 5.41) is 8.67. The normalized spacial score (nSPS) is 10.5. The molecule has 0 bridgehead atoms. The standard InChI is InChI=1S/C11H7ClFNO3/c1-5-9(11(15)16)14-10(17-5)6-3-2-4-7(13)8(6)12/h2-4H,1H3,(H,15,16). The zero-order valence-corrected chi connectivity index (χ0v) is 9.45. The van der Waals surface area contributed by atoms with Crippen LogP contribution in [-0.4, -0.2) is 16.1 Å². The van der Waals surface area contributed by atoms with Gasteiger partial charge in [0.15, 0.2) is 5.69 Å². The van der Waals surface area contributed by atoms with Crippen LogP contribution in [0.5, 0.6) is 0 Å². The maximum atomic E-state index is 13.2. The molecule has 0 saturated heterocycles. The second-order valence-corrected chi connectivity index (χ2v) is 3.71. The maximum absolute atomic E-state index is 13.2. The first-order valence-corrected chi connectivity index (χ1v) is 5.03. The van der Waals surface area contributed by atoms with Crippen LogP contribution in [0.1, 0.15) is 16.2 Å². The van der Waals surface area contributed by atoms with Gasteiger partial charge in [-0.15, -0.1) is 0 Å². The van der Waals surface area contributed by atoms with E-state index in [0.29, 0.717) is 0 Å². The number of rotatable bonds is 2. The first-order valence-electron chi connectivity index (χ1n) is 4.66. The Kier molecular flexibility index (Phi) is 2.85. The number of oxazole rings is 1. The minimum atomic E-state index is -1.20. The van der Waals surface area contributed by atoms with E-state index in [1.165, 1.54) is 25.1 Å². The zero-order valence-electron chi connectivity index (χ0n) is 8.70. The number of aromatic nitrogens is 1. The molecule has 1 aromatic heterocycles. The molecule has 1 N–H and O–H groups in total. The Balaban J connectivity index is 2.58. The molecule has 17 heavy (non-hydrogen) atoms. The van der Waals surface area contributed by atoms with Crippen molar-refractivity contribution in [1.82, 2.24) is 4.98 Å². The highest BCUT2D eigenvalue weighted by Crippen LogP contribution is 2.30. The molecule has 0 saturated carbocycles. The van der Waals surface area contributed by atoms with E-state index in [9.17, 15) is 9.18 Å². The van der Waals surface area contributed by atoms with Gasteiger partial charge in [-0.2, -0.15) is 0 Å². The van der Waals surface area contributed by atoms with E-state index < -0.39 is 11.8 Å². The average molecular weight is 256 g/mol. The van der Waals surface area contributed by atoms with Gasteiger partial charge in [0.2, 0.25) is 5.89 Å². The second-order valence-electron chi connectivity index (χ2n) is 3.33. The van der Waals surface area contributed by atoms with Crippen molar-refractivity contribution >= 4 is 17.6 Å². The molecule has 6 heteroatoms. The number of aryl methyl sites for hydroxylation is 1. The minimum absolute atomic E-state index is 0.00981. The molecule has 0 aliphatic rings.